The van der Waals surface area contributed by atoms with E-state index in [9.17, 15) is 14.4 Å². The Morgan fingerprint density at radius 2 is 1.93 bits per heavy atom. The number of hydrogen-bond acceptors (Lipinski definition) is 7. The quantitative estimate of drug-likeness (QED) is 0.723. The van der Waals surface area contributed by atoms with Crippen molar-refractivity contribution in [2.24, 2.45) is 0 Å². The molecule has 2 amide bonds. The highest BCUT2D eigenvalue weighted by Crippen LogP contribution is 2.32. The van der Waals surface area contributed by atoms with Crippen LogP contribution in [0.1, 0.15) is 30.6 Å². The fourth-order valence-corrected chi connectivity index (χ4v) is 2.82. The van der Waals surface area contributed by atoms with Crippen molar-refractivity contribution in [1.29, 1.82) is 0 Å². The summed E-state index contributed by atoms with van der Waals surface area (Å²) in [6.45, 7) is 3.53. The highest BCUT2D eigenvalue weighted by Gasteiger charge is 2.32. The number of carbonyl (C=O) groups is 3. The summed E-state index contributed by atoms with van der Waals surface area (Å²) in [6, 6.07) is 3.69. The first-order chi connectivity index (χ1) is 13.0. The molecule has 0 aromatic heterocycles. The maximum Gasteiger partial charge on any atom is 0.338 e. The van der Waals surface area contributed by atoms with Crippen LogP contribution >= 0.6 is 0 Å². The standard InChI is InChI=1S/C18H20N2O7/c1-3-11-15(17(22)24-4-2)12(20-18(23)19-11)8-25-16(21)10-5-6-13-14(7-10)27-9-26-13/h5-7,11H,3-4,8-9H2,1-2H3,(H2,19,20,23)/t11-/m1/s1. The lowest BCUT2D eigenvalue weighted by molar-refractivity contribution is -0.139. The first kappa shape index (κ1) is 18.6. The number of carbonyl (C=O) groups excluding carboxylic acids is 3. The van der Waals surface area contributed by atoms with Crippen LogP contribution < -0.4 is 20.1 Å². The second kappa shape index (κ2) is 7.98. The molecule has 2 N–H and O–H groups in total. The normalized spacial score (nSPS) is 17.9. The van der Waals surface area contributed by atoms with Gasteiger partial charge in [0.05, 0.1) is 29.5 Å². The van der Waals surface area contributed by atoms with Gasteiger partial charge in [0.1, 0.15) is 6.61 Å². The highest BCUT2D eigenvalue weighted by atomic mass is 16.7. The molecule has 2 heterocycles. The molecule has 9 nitrogen and oxygen atoms in total. The molecule has 3 rings (SSSR count). The molecule has 2 aliphatic heterocycles. The summed E-state index contributed by atoms with van der Waals surface area (Å²) in [5.74, 6) is -0.178. The average Bonchev–Trinajstić information content (AvgIpc) is 3.13. The van der Waals surface area contributed by atoms with Gasteiger partial charge in [-0.1, -0.05) is 6.92 Å². The van der Waals surface area contributed by atoms with E-state index in [1.807, 2.05) is 6.92 Å². The van der Waals surface area contributed by atoms with E-state index in [1.165, 1.54) is 6.07 Å². The number of benzene rings is 1. The first-order valence-corrected chi connectivity index (χ1v) is 8.57. The maximum atomic E-state index is 12.3. The third-order valence-electron chi connectivity index (χ3n) is 4.10. The second-order valence-corrected chi connectivity index (χ2v) is 5.82. The van der Waals surface area contributed by atoms with E-state index >= 15 is 0 Å². The minimum Gasteiger partial charge on any atom is -0.463 e. The van der Waals surface area contributed by atoms with Crippen molar-refractivity contribution < 1.29 is 33.3 Å². The lowest BCUT2D eigenvalue weighted by Gasteiger charge is -2.28. The van der Waals surface area contributed by atoms with E-state index in [-0.39, 0.29) is 36.8 Å². The molecule has 9 heteroatoms. The summed E-state index contributed by atoms with van der Waals surface area (Å²) < 4.78 is 20.8. The third kappa shape index (κ3) is 3.97. The van der Waals surface area contributed by atoms with Gasteiger partial charge in [-0.3, -0.25) is 0 Å². The molecule has 144 valence electrons. The summed E-state index contributed by atoms with van der Waals surface area (Å²) in [6.07, 6.45) is 0.487. The number of urea groups is 1. The number of amides is 2. The second-order valence-electron chi connectivity index (χ2n) is 5.82. The average molecular weight is 376 g/mol. The fourth-order valence-electron chi connectivity index (χ4n) is 2.82. The zero-order valence-corrected chi connectivity index (χ0v) is 15.0. The summed E-state index contributed by atoms with van der Waals surface area (Å²) in [7, 11) is 0. The Morgan fingerprint density at radius 1 is 1.15 bits per heavy atom. The van der Waals surface area contributed by atoms with Crippen molar-refractivity contribution in [3.63, 3.8) is 0 Å². The molecule has 0 unspecified atom stereocenters. The van der Waals surface area contributed by atoms with Crippen LogP contribution in [0.15, 0.2) is 29.5 Å². The van der Waals surface area contributed by atoms with Crippen LogP contribution in [0.25, 0.3) is 0 Å². The monoisotopic (exact) mass is 376 g/mol. The Labute approximate surface area is 155 Å². The molecule has 0 fully saturated rings. The van der Waals surface area contributed by atoms with Crippen LogP contribution in [0, 0.1) is 0 Å². The van der Waals surface area contributed by atoms with Crippen molar-refractivity contribution in [1.82, 2.24) is 10.6 Å². The molecule has 27 heavy (non-hydrogen) atoms. The van der Waals surface area contributed by atoms with Gasteiger partial charge in [0, 0.05) is 0 Å². The van der Waals surface area contributed by atoms with Crippen LogP contribution in [-0.2, 0) is 14.3 Å². The van der Waals surface area contributed by atoms with Crippen LogP contribution in [0.3, 0.4) is 0 Å². The lowest BCUT2D eigenvalue weighted by Crippen LogP contribution is -2.51. The number of fused-ring (bicyclic) bond motifs is 1. The van der Waals surface area contributed by atoms with Crippen molar-refractivity contribution in [3.8, 4) is 11.5 Å². The molecular weight excluding hydrogens is 356 g/mol. The number of esters is 2. The molecule has 0 bridgehead atoms. The van der Waals surface area contributed by atoms with Gasteiger partial charge in [-0.2, -0.15) is 0 Å². The van der Waals surface area contributed by atoms with Gasteiger partial charge >= 0.3 is 18.0 Å². The molecule has 0 aliphatic carbocycles. The van der Waals surface area contributed by atoms with Crippen LogP contribution in [0.5, 0.6) is 11.5 Å². The molecule has 0 saturated carbocycles. The zero-order valence-electron chi connectivity index (χ0n) is 15.0. The SMILES string of the molecule is CCOC(=O)C1=C(COC(=O)c2ccc3c(c2)OCO3)NC(=O)N[C@@H]1CC. The van der Waals surface area contributed by atoms with E-state index in [2.05, 4.69) is 10.6 Å². The maximum absolute atomic E-state index is 12.3. The summed E-state index contributed by atoms with van der Waals surface area (Å²) in [5, 5.41) is 5.18. The van der Waals surface area contributed by atoms with E-state index in [4.69, 9.17) is 18.9 Å². The minimum atomic E-state index is -0.621. The number of hydrogen-bond donors (Lipinski definition) is 2. The highest BCUT2D eigenvalue weighted by molar-refractivity contribution is 5.95. The molecular formula is C18H20N2O7. The van der Waals surface area contributed by atoms with Crippen molar-refractivity contribution in [2.75, 3.05) is 20.0 Å². The third-order valence-corrected chi connectivity index (χ3v) is 4.10. The molecule has 0 spiro atoms. The minimum absolute atomic E-state index is 0.0983. The Hall–Kier alpha value is -3.23. The van der Waals surface area contributed by atoms with Gasteiger partial charge in [-0.25, -0.2) is 14.4 Å². The van der Waals surface area contributed by atoms with Crippen LogP contribution in [0.4, 0.5) is 4.79 Å². The zero-order chi connectivity index (χ0) is 19.4. The number of nitrogens with one attached hydrogen (secondary N) is 2. The van der Waals surface area contributed by atoms with Crippen LogP contribution in [-0.4, -0.2) is 44.0 Å². The van der Waals surface area contributed by atoms with Gasteiger partial charge in [-0.05, 0) is 31.5 Å². The Kier molecular flexibility index (Phi) is 5.49. The molecule has 0 saturated heterocycles. The van der Waals surface area contributed by atoms with E-state index in [0.717, 1.165) is 0 Å². The molecule has 0 radical (unpaired) electrons. The van der Waals surface area contributed by atoms with Gasteiger partial charge in [0.25, 0.3) is 0 Å². The van der Waals surface area contributed by atoms with Gasteiger partial charge in [0.15, 0.2) is 11.5 Å². The molecule has 2 aliphatic rings. The van der Waals surface area contributed by atoms with Gasteiger partial charge in [0.2, 0.25) is 6.79 Å². The number of ether oxygens (including phenoxy) is 4. The lowest BCUT2D eigenvalue weighted by atomic mass is 10.0. The topological polar surface area (TPSA) is 112 Å². The largest absolute Gasteiger partial charge is 0.463 e. The van der Waals surface area contributed by atoms with Crippen LogP contribution in [0.2, 0.25) is 0 Å². The first-order valence-electron chi connectivity index (χ1n) is 8.57. The fraction of sp³-hybridized carbons (Fsp3) is 0.389. The predicted molar refractivity (Wildman–Crippen MR) is 92.3 cm³/mol. The van der Waals surface area contributed by atoms with Crippen molar-refractivity contribution in [3.05, 3.63) is 35.0 Å². The Morgan fingerprint density at radius 3 is 2.67 bits per heavy atom. The Bertz CT molecular complexity index is 803. The van der Waals surface area contributed by atoms with Gasteiger partial charge in [-0.15, -0.1) is 0 Å². The van der Waals surface area contributed by atoms with Crippen molar-refractivity contribution >= 4 is 18.0 Å². The molecule has 1 aromatic rings. The van der Waals surface area contributed by atoms with Gasteiger partial charge < -0.3 is 29.6 Å². The Balaban J connectivity index is 1.77. The van der Waals surface area contributed by atoms with E-state index in [1.54, 1.807) is 19.1 Å². The van der Waals surface area contributed by atoms with E-state index < -0.39 is 24.0 Å². The smallest absolute Gasteiger partial charge is 0.338 e. The number of rotatable bonds is 6. The molecule has 1 aromatic carbocycles. The predicted octanol–water partition coefficient (Wildman–Crippen LogP) is 1.48. The summed E-state index contributed by atoms with van der Waals surface area (Å²) in [5.41, 5.74) is 0.723. The van der Waals surface area contributed by atoms with Crippen molar-refractivity contribution in [2.45, 2.75) is 26.3 Å². The van der Waals surface area contributed by atoms with E-state index in [0.29, 0.717) is 17.9 Å². The summed E-state index contributed by atoms with van der Waals surface area (Å²) >= 11 is 0. The molecule has 1 atom stereocenters. The summed E-state index contributed by atoms with van der Waals surface area (Å²) in [4.78, 5) is 36.5.